The summed E-state index contributed by atoms with van der Waals surface area (Å²) in [6, 6.07) is 3.79. The Balaban J connectivity index is 2.37. The normalized spacial score (nSPS) is 14.6. The molecule has 1 aromatic rings. The zero-order valence-electron chi connectivity index (χ0n) is 9.36. The fourth-order valence-corrected chi connectivity index (χ4v) is 1.71. The van der Waals surface area contributed by atoms with Crippen molar-refractivity contribution in [2.75, 3.05) is 13.9 Å². The van der Waals surface area contributed by atoms with Crippen molar-refractivity contribution < 1.29 is 19.0 Å². The molecule has 1 unspecified atom stereocenters. The van der Waals surface area contributed by atoms with Gasteiger partial charge in [0, 0.05) is 6.42 Å². The standard InChI is InChI=1S/C12H14O4/c1-8(3-4-13)9-5-10(14-2)12-11(6-9)15-7-16-12/h4-6,8H,3,7H2,1-2H3. The van der Waals surface area contributed by atoms with Crippen LogP contribution >= 0.6 is 0 Å². The van der Waals surface area contributed by atoms with Gasteiger partial charge in [0.1, 0.15) is 6.29 Å². The summed E-state index contributed by atoms with van der Waals surface area (Å²) in [4.78, 5) is 10.5. The summed E-state index contributed by atoms with van der Waals surface area (Å²) in [5, 5.41) is 0. The Morgan fingerprint density at radius 2 is 2.31 bits per heavy atom. The predicted molar refractivity (Wildman–Crippen MR) is 58.2 cm³/mol. The molecule has 4 nitrogen and oxygen atoms in total. The lowest BCUT2D eigenvalue weighted by Gasteiger charge is -2.12. The third-order valence-electron chi connectivity index (χ3n) is 2.70. The van der Waals surface area contributed by atoms with Crippen molar-refractivity contribution in [2.24, 2.45) is 0 Å². The minimum Gasteiger partial charge on any atom is -0.493 e. The number of benzene rings is 1. The van der Waals surface area contributed by atoms with Gasteiger partial charge in [-0.2, -0.15) is 0 Å². The molecule has 0 aliphatic carbocycles. The van der Waals surface area contributed by atoms with Gasteiger partial charge in [-0.25, -0.2) is 0 Å². The van der Waals surface area contributed by atoms with Crippen LogP contribution in [-0.2, 0) is 4.79 Å². The van der Waals surface area contributed by atoms with E-state index in [1.807, 2.05) is 19.1 Å². The molecule has 0 radical (unpaired) electrons. The first-order valence-electron chi connectivity index (χ1n) is 5.17. The highest BCUT2D eigenvalue weighted by Gasteiger charge is 2.21. The van der Waals surface area contributed by atoms with Crippen molar-refractivity contribution in [1.82, 2.24) is 0 Å². The van der Waals surface area contributed by atoms with Crippen molar-refractivity contribution in [1.29, 1.82) is 0 Å². The molecular formula is C12H14O4. The Labute approximate surface area is 94.1 Å². The first-order valence-corrected chi connectivity index (χ1v) is 5.17. The summed E-state index contributed by atoms with van der Waals surface area (Å²) in [5.41, 5.74) is 1.02. The van der Waals surface area contributed by atoms with Gasteiger partial charge in [0.25, 0.3) is 0 Å². The first kappa shape index (κ1) is 10.8. The van der Waals surface area contributed by atoms with Gasteiger partial charge >= 0.3 is 0 Å². The molecule has 1 aliphatic heterocycles. The Kier molecular flexibility index (Phi) is 2.99. The summed E-state index contributed by atoms with van der Waals surface area (Å²) in [6.07, 6.45) is 1.41. The average Bonchev–Trinajstić information content (AvgIpc) is 2.75. The molecule has 1 aromatic carbocycles. The first-order chi connectivity index (χ1) is 7.76. The number of hydrogen-bond donors (Lipinski definition) is 0. The van der Waals surface area contributed by atoms with Gasteiger partial charge in [-0.05, 0) is 23.6 Å². The van der Waals surface area contributed by atoms with Crippen LogP contribution in [0.15, 0.2) is 12.1 Å². The van der Waals surface area contributed by atoms with Gasteiger partial charge in [-0.3, -0.25) is 0 Å². The topological polar surface area (TPSA) is 44.8 Å². The van der Waals surface area contributed by atoms with E-state index >= 15 is 0 Å². The van der Waals surface area contributed by atoms with Crippen molar-refractivity contribution in [3.05, 3.63) is 17.7 Å². The van der Waals surface area contributed by atoms with E-state index in [2.05, 4.69) is 0 Å². The van der Waals surface area contributed by atoms with Gasteiger partial charge in [0.15, 0.2) is 11.5 Å². The molecule has 1 heterocycles. The maximum Gasteiger partial charge on any atom is 0.231 e. The zero-order chi connectivity index (χ0) is 11.5. The molecule has 1 atom stereocenters. The number of fused-ring (bicyclic) bond motifs is 1. The quantitative estimate of drug-likeness (QED) is 0.732. The van der Waals surface area contributed by atoms with Gasteiger partial charge in [-0.15, -0.1) is 0 Å². The Morgan fingerprint density at radius 3 is 3.00 bits per heavy atom. The second-order valence-corrected chi connectivity index (χ2v) is 3.76. The zero-order valence-corrected chi connectivity index (χ0v) is 9.36. The van der Waals surface area contributed by atoms with Crippen molar-refractivity contribution >= 4 is 6.29 Å². The number of aldehydes is 1. The monoisotopic (exact) mass is 222 g/mol. The fourth-order valence-electron chi connectivity index (χ4n) is 1.71. The summed E-state index contributed by atoms with van der Waals surface area (Å²) in [6.45, 7) is 2.21. The van der Waals surface area contributed by atoms with E-state index in [-0.39, 0.29) is 12.7 Å². The van der Waals surface area contributed by atoms with E-state index < -0.39 is 0 Å². The average molecular weight is 222 g/mol. The molecule has 86 valence electrons. The second kappa shape index (κ2) is 4.43. The van der Waals surface area contributed by atoms with Crippen LogP contribution < -0.4 is 14.2 Å². The van der Waals surface area contributed by atoms with E-state index in [1.54, 1.807) is 7.11 Å². The summed E-state index contributed by atoms with van der Waals surface area (Å²) in [5.74, 6) is 2.14. The molecular weight excluding hydrogens is 208 g/mol. The molecule has 0 spiro atoms. The third kappa shape index (κ3) is 1.83. The maximum atomic E-state index is 10.5. The van der Waals surface area contributed by atoms with E-state index in [0.717, 1.165) is 11.8 Å². The number of carbonyl (C=O) groups excluding carboxylic acids is 1. The summed E-state index contributed by atoms with van der Waals surface area (Å²) >= 11 is 0. The van der Waals surface area contributed by atoms with E-state index in [0.29, 0.717) is 23.7 Å². The number of carbonyl (C=O) groups is 1. The van der Waals surface area contributed by atoms with Crippen LogP contribution in [0.1, 0.15) is 24.8 Å². The van der Waals surface area contributed by atoms with Crippen LogP contribution in [-0.4, -0.2) is 20.2 Å². The van der Waals surface area contributed by atoms with Crippen molar-refractivity contribution in [3.63, 3.8) is 0 Å². The largest absolute Gasteiger partial charge is 0.493 e. The number of methoxy groups -OCH3 is 1. The minimum absolute atomic E-state index is 0.154. The lowest BCUT2D eigenvalue weighted by molar-refractivity contribution is -0.108. The summed E-state index contributed by atoms with van der Waals surface area (Å²) < 4.78 is 15.9. The Bertz CT molecular complexity index is 400. The van der Waals surface area contributed by atoms with Crippen LogP contribution in [0.25, 0.3) is 0 Å². The van der Waals surface area contributed by atoms with E-state index in [1.165, 1.54) is 0 Å². The molecule has 2 rings (SSSR count). The highest BCUT2D eigenvalue weighted by molar-refractivity contribution is 5.57. The molecule has 0 aromatic heterocycles. The molecule has 0 N–H and O–H groups in total. The second-order valence-electron chi connectivity index (χ2n) is 3.76. The molecule has 0 amide bonds. The number of hydrogen-bond acceptors (Lipinski definition) is 4. The van der Waals surface area contributed by atoms with Crippen molar-refractivity contribution in [2.45, 2.75) is 19.3 Å². The van der Waals surface area contributed by atoms with Crippen LogP contribution in [0, 0.1) is 0 Å². The third-order valence-corrected chi connectivity index (χ3v) is 2.70. The molecule has 4 heteroatoms. The van der Waals surface area contributed by atoms with E-state index in [9.17, 15) is 4.79 Å². The van der Waals surface area contributed by atoms with Gasteiger partial charge in [-0.1, -0.05) is 6.92 Å². The molecule has 16 heavy (non-hydrogen) atoms. The van der Waals surface area contributed by atoms with Crippen LogP contribution in [0.2, 0.25) is 0 Å². The van der Waals surface area contributed by atoms with Crippen LogP contribution in [0.3, 0.4) is 0 Å². The highest BCUT2D eigenvalue weighted by atomic mass is 16.7. The molecule has 0 saturated heterocycles. The van der Waals surface area contributed by atoms with Crippen LogP contribution in [0.5, 0.6) is 17.2 Å². The Morgan fingerprint density at radius 1 is 1.50 bits per heavy atom. The van der Waals surface area contributed by atoms with Gasteiger partial charge in [0.05, 0.1) is 7.11 Å². The van der Waals surface area contributed by atoms with Crippen LogP contribution in [0.4, 0.5) is 0 Å². The van der Waals surface area contributed by atoms with E-state index in [4.69, 9.17) is 14.2 Å². The SMILES string of the molecule is COc1cc(C(C)CC=O)cc2c1OCO2. The smallest absolute Gasteiger partial charge is 0.231 e. The number of ether oxygens (including phenoxy) is 3. The predicted octanol–water partition coefficient (Wildman–Crippen LogP) is 2.12. The molecule has 0 fully saturated rings. The molecule has 0 saturated carbocycles. The summed E-state index contributed by atoms with van der Waals surface area (Å²) in [7, 11) is 1.59. The molecule has 1 aliphatic rings. The molecule has 0 bridgehead atoms. The van der Waals surface area contributed by atoms with Crippen molar-refractivity contribution in [3.8, 4) is 17.2 Å². The lowest BCUT2D eigenvalue weighted by atomic mass is 9.98. The highest BCUT2D eigenvalue weighted by Crippen LogP contribution is 2.43. The maximum absolute atomic E-state index is 10.5. The lowest BCUT2D eigenvalue weighted by Crippen LogP contribution is -1.96. The van der Waals surface area contributed by atoms with Gasteiger partial charge in [0.2, 0.25) is 12.5 Å². The fraction of sp³-hybridized carbons (Fsp3) is 0.417. The van der Waals surface area contributed by atoms with Gasteiger partial charge < -0.3 is 19.0 Å². The number of rotatable bonds is 4. The Hall–Kier alpha value is -1.71. The minimum atomic E-state index is 0.154.